The van der Waals surface area contributed by atoms with Crippen LogP contribution in [0.25, 0.3) is 11.4 Å². The molecule has 2 aromatic carbocycles. The first-order valence-electron chi connectivity index (χ1n) is 10.9. The van der Waals surface area contributed by atoms with Gasteiger partial charge in [0, 0.05) is 17.4 Å². The number of aliphatic hydroxyl groups is 1. The average Bonchev–Trinajstić information content (AvgIpc) is 3.27. The number of aromatic nitrogens is 3. The van der Waals surface area contributed by atoms with E-state index in [-0.39, 0.29) is 12.4 Å². The Hall–Kier alpha value is -2.58. The fourth-order valence-electron chi connectivity index (χ4n) is 3.95. The van der Waals surface area contributed by atoms with Crippen LogP contribution in [0.1, 0.15) is 38.1 Å². The van der Waals surface area contributed by atoms with Gasteiger partial charge in [-0.3, -0.25) is 4.57 Å². The highest BCUT2D eigenvalue weighted by molar-refractivity contribution is 7.99. The van der Waals surface area contributed by atoms with Gasteiger partial charge in [-0.2, -0.15) is 0 Å². The van der Waals surface area contributed by atoms with Gasteiger partial charge in [-0.1, -0.05) is 43.2 Å². The number of halogens is 1. The molecule has 1 heterocycles. The molecule has 1 saturated carbocycles. The lowest BCUT2D eigenvalue weighted by atomic mass is 9.95. The Kier molecular flexibility index (Phi) is 7.65. The van der Waals surface area contributed by atoms with Crippen molar-refractivity contribution in [1.29, 1.82) is 0 Å². The summed E-state index contributed by atoms with van der Waals surface area (Å²) >= 11 is 1.45. The Balaban J connectivity index is 1.47. The third kappa shape index (κ3) is 5.42. The second-order valence-corrected chi connectivity index (χ2v) is 8.89. The SMILES string of the molecule is COc1ccc(-c2nnc(SCC(O)COc3ccccc3F)n2C2CCCCC2)cc1. The van der Waals surface area contributed by atoms with Crippen molar-refractivity contribution >= 4 is 11.8 Å². The molecule has 32 heavy (non-hydrogen) atoms. The predicted octanol–water partition coefficient (Wildman–Crippen LogP) is 5.13. The normalized spacial score (nSPS) is 15.5. The quantitative estimate of drug-likeness (QED) is 0.449. The predicted molar refractivity (Wildman–Crippen MR) is 123 cm³/mol. The van der Waals surface area contributed by atoms with E-state index in [9.17, 15) is 9.50 Å². The number of thioether (sulfide) groups is 1. The van der Waals surface area contributed by atoms with Gasteiger partial charge in [0.05, 0.1) is 13.2 Å². The van der Waals surface area contributed by atoms with Crippen molar-refractivity contribution in [1.82, 2.24) is 14.8 Å². The van der Waals surface area contributed by atoms with Gasteiger partial charge in [-0.25, -0.2) is 4.39 Å². The molecule has 1 atom stereocenters. The highest BCUT2D eigenvalue weighted by atomic mass is 32.2. The molecule has 8 heteroatoms. The molecule has 0 aliphatic heterocycles. The molecule has 6 nitrogen and oxygen atoms in total. The Bertz CT molecular complexity index is 1010. The van der Waals surface area contributed by atoms with Gasteiger partial charge in [-0.05, 0) is 49.2 Å². The number of rotatable bonds is 9. The number of hydrogen-bond donors (Lipinski definition) is 1. The van der Waals surface area contributed by atoms with Gasteiger partial charge < -0.3 is 14.6 Å². The first kappa shape index (κ1) is 22.6. The first-order valence-corrected chi connectivity index (χ1v) is 11.9. The number of aliphatic hydroxyl groups excluding tert-OH is 1. The zero-order valence-electron chi connectivity index (χ0n) is 18.1. The van der Waals surface area contributed by atoms with Gasteiger partial charge >= 0.3 is 0 Å². The molecule has 4 rings (SSSR count). The van der Waals surface area contributed by atoms with Crippen LogP contribution >= 0.6 is 11.8 Å². The average molecular weight is 458 g/mol. The smallest absolute Gasteiger partial charge is 0.191 e. The molecular weight excluding hydrogens is 429 g/mol. The summed E-state index contributed by atoms with van der Waals surface area (Å²) in [6, 6.07) is 14.4. The lowest BCUT2D eigenvalue weighted by Crippen LogP contribution is -2.21. The van der Waals surface area contributed by atoms with Crippen LogP contribution in [0.5, 0.6) is 11.5 Å². The van der Waals surface area contributed by atoms with Crippen LogP contribution in [0.3, 0.4) is 0 Å². The molecule has 0 radical (unpaired) electrons. The Morgan fingerprint density at radius 1 is 1.09 bits per heavy atom. The second kappa shape index (κ2) is 10.8. The lowest BCUT2D eigenvalue weighted by Gasteiger charge is -2.26. The van der Waals surface area contributed by atoms with Crippen molar-refractivity contribution in [2.75, 3.05) is 19.5 Å². The van der Waals surface area contributed by atoms with Crippen molar-refractivity contribution in [3.8, 4) is 22.9 Å². The van der Waals surface area contributed by atoms with Crippen molar-refractivity contribution in [2.24, 2.45) is 0 Å². The molecule has 1 unspecified atom stereocenters. The summed E-state index contributed by atoms with van der Waals surface area (Å²) in [4.78, 5) is 0. The van der Waals surface area contributed by atoms with Crippen LogP contribution < -0.4 is 9.47 Å². The third-order valence-electron chi connectivity index (χ3n) is 5.63. The van der Waals surface area contributed by atoms with Crippen LogP contribution in [-0.4, -0.2) is 45.4 Å². The van der Waals surface area contributed by atoms with Crippen molar-refractivity contribution in [3.05, 3.63) is 54.3 Å². The van der Waals surface area contributed by atoms with Crippen LogP contribution in [0, 0.1) is 5.82 Å². The van der Waals surface area contributed by atoms with E-state index in [2.05, 4.69) is 14.8 Å². The minimum atomic E-state index is -0.763. The number of benzene rings is 2. The van der Waals surface area contributed by atoms with E-state index in [0.717, 1.165) is 35.1 Å². The summed E-state index contributed by atoms with van der Waals surface area (Å²) < 4.78 is 26.6. The molecule has 170 valence electrons. The number of nitrogens with zero attached hydrogens (tertiary/aromatic N) is 3. The van der Waals surface area contributed by atoms with E-state index in [1.807, 2.05) is 24.3 Å². The van der Waals surface area contributed by atoms with E-state index >= 15 is 0 Å². The lowest BCUT2D eigenvalue weighted by molar-refractivity contribution is 0.123. The molecule has 1 aromatic heterocycles. The molecule has 1 fully saturated rings. The molecule has 0 amide bonds. The van der Waals surface area contributed by atoms with Gasteiger partial charge in [0.2, 0.25) is 0 Å². The summed E-state index contributed by atoms with van der Waals surface area (Å²) in [7, 11) is 1.65. The zero-order valence-corrected chi connectivity index (χ0v) is 18.9. The topological polar surface area (TPSA) is 69.4 Å². The summed E-state index contributed by atoms with van der Waals surface area (Å²) in [5.74, 6) is 1.71. The molecular formula is C24H28FN3O3S. The van der Waals surface area contributed by atoms with Gasteiger partial charge in [0.15, 0.2) is 22.5 Å². The minimum absolute atomic E-state index is 0.0108. The molecule has 0 bridgehead atoms. The highest BCUT2D eigenvalue weighted by Crippen LogP contribution is 2.36. The van der Waals surface area contributed by atoms with E-state index < -0.39 is 11.9 Å². The summed E-state index contributed by atoms with van der Waals surface area (Å²) in [5.41, 5.74) is 0.985. The maximum atomic E-state index is 13.7. The van der Waals surface area contributed by atoms with Crippen LogP contribution in [0.15, 0.2) is 53.7 Å². The van der Waals surface area contributed by atoms with E-state index in [4.69, 9.17) is 9.47 Å². The summed E-state index contributed by atoms with van der Waals surface area (Å²) in [6.45, 7) is 0.0108. The molecule has 0 saturated heterocycles. The number of hydrogen-bond acceptors (Lipinski definition) is 6. The molecule has 3 aromatic rings. The first-order chi connectivity index (χ1) is 15.7. The molecule has 0 spiro atoms. The van der Waals surface area contributed by atoms with Crippen molar-refractivity contribution in [3.63, 3.8) is 0 Å². The standard InChI is InChI=1S/C24H28FN3O3S/c1-30-20-13-11-17(12-14-20)23-26-27-24(28(23)18-7-3-2-4-8-18)32-16-19(29)15-31-22-10-6-5-9-21(22)25/h5-6,9-14,18-19,29H,2-4,7-8,15-16H2,1H3. The Labute approximate surface area is 191 Å². The summed E-state index contributed by atoms with van der Waals surface area (Å²) in [5, 5.41) is 20.1. The van der Waals surface area contributed by atoms with Crippen LogP contribution in [0.2, 0.25) is 0 Å². The molecule has 1 N–H and O–H groups in total. The van der Waals surface area contributed by atoms with Crippen LogP contribution in [-0.2, 0) is 0 Å². The summed E-state index contributed by atoms with van der Waals surface area (Å²) in [6.07, 6.45) is 5.05. The number of methoxy groups -OCH3 is 1. The molecule has 1 aliphatic rings. The minimum Gasteiger partial charge on any atom is -0.497 e. The maximum absolute atomic E-state index is 13.7. The van der Waals surface area contributed by atoms with Gasteiger partial charge in [-0.15, -0.1) is 10.2 Å². The fraction of sp³-hybridized carbons (Fsp3) is 0.417. The van der Waals surface area contributed by atoms with E-state index in [1.54, 1.807) is 25.3 Å². The van der Waals surface area contributed by atoms with Crippen molar-refractivity contribution < 1.29 is 19.0 Å². The zero-order chi connectivity index (χ0) is 22.3. The number of ether oxygens (including phenoxy) is 2. The monoisotopic (exact) mass is 457 g/mol. The Morgan fingerprint density at radius 2 is 1.84 bits per heavy atom. The van der Waals surface area contributed by atoms with Gasteiger partial charge in [0.25, 0.3) is 0 Å². The highest BCUT2D eigenvalue weighted by Gasteiger charge is 2.24. The third-order valence-corrected chi connectivity index (χ3v) is 6.71. The Morgan fingerprint density at radius 3 is 2.56 bits per heavy atom. The largest absolute Gasteiger partial charge is 0.497 e. The maximum Gasteiger partial charge on any atom is 0.191 e. The van der Waals surface area contributed by atoms with E-state index in [1.165, 1.54) is 37.1 Å². The number of para-hydroxylation sites is 1. The van der Waals surface area contributed by atoms with Crippen molar-refractivity contribution in [2.45, 2.75) is 49.4 Å². The molecule has 1 aliphatic carbocycles. The van der Waals surface area contributed by atoms with E-state index in [0.29, 0.717) is 11.8 Å². The fourth-order valence-corrected chi connectivity index (χ4v) is 4.86. The second-order valence-electron chi connectivity index (χ2n) is 7.90. The van der Waals surface area contributed by atoms with Crippen LogP contribution in [0.4, 0.5) is 4.39 Å². The van der Waals surface area contributed by atoms with Gasteiger partial charge in [0.1, 0.15) is 12.4 Å².